The van der Waals surface area contributed by atoms with Gasteiger partial charge in [0.1, 0.15) is 17.3 Å². The summed E-state index contributed by atoms with van der Waals surface area (Å²) in [5, 5.41) is 5.32. The normalized spacial score (nSPS) is 15.1. The van der Waals surface area contributed by atoms with Crippen LogP contribution in [0.15, 0.2) is 53.6 Å². The summed E-state index contributed by atoms with van der Waals surface area (Å²) in [5.41, 5.74) is 1.70. The van der Waals surface area contributed by atoms with Crippen LogP contribution in [0.5, 0.6) is 0 Å². The quantitative estimate of drug-likeness (QED) is 0.736. The van der Waals surface area contributed by atoms with Gasteiger partial charge in [-0.25, -0.2) is 13.8 Å². The molecule has 0 spiro atoms. The van der Waals surface area contributed by atoms with Crippen molar-refractivity contribution in [3.63, 3.8) is 0 Å². The molecule has 0 fully saturated rings. The fourth-order valence-electron chi connectivity index (χ4n) is 3.47. The Morgan fingerprint density at radius 2 is 1.86 bits per heavy atom. The molecule has 29 heavy (non-hydrogen) atoms. The minimum atomic E-state index is -0.384. The molecule has 0 bridgehead atoms. The van der Waals surface area contributed by atoms with Crippen LogP contribution in [0.25, 0.3) is 0 Å². The molecule has 1 heterocycles. The Balaban J connectivity index is 1.98. The Labute approximate surface area is 168 Å². The van der Waals surface area contributed by atoms with E-state index in [2.05, 4.69) is 5.10 Å². The maximum absolute atomic E-state index is 13.7. The number of hydrogen-bond donors (Lipinski definition) is 0. The van der Waals surface area contributed by atoms with Gasteiger partial charge in [0.25, 0.3) is 5.91 Å². The predicted octanol–water partition coefficient (Wildman–Crippen LogP) is 4.05. The third kappa shape index (κ3) is 4.85. The highest BCUT2D eigenvalue weighted by Gasteiger charge is 2.30. The smallest absolute Gasteiger partial charge is 0.270 e. The number of carbonyl (C=O) groups excluding carboxylic acids is 2. The largest absolute Gasteiger partial charge is 0.326 e. The Morgan fingerprint density at radius 3 is 2.48 bits per heavy atom. The molecule has 2 amide bonds. The first-order valence-electron chi connectivity index (χ1n) is 9.54. The second-order valence-corrected chi connectivity index (χ2v) is 7.00. The van der Waals surface area contributed by atoms with Crippen LogP contribution >= 0.6 is 0 Å². The Bertz CT molecular complexity index is 928. The number of amides is 2. The molecule has 3 rings (SSSR count). The predicted molar refractivity (Wildman–Crippen MR) is 106 cm³/mol. The molecule has 0 radical (unpaired) electrons. The number of hydrogen-bond acceptors (Lipinski definition) is 3. The highest BCUT2D eigenvalue weighted by molar-refractivity contribution is 6.39. The summed E-state index contributed by atoms with van der Waals surface area (Å²) in [6, 6.07) is 11.7. The number of benzene rings is 2. The highest BCUT2D eigenvalue weighted by Crippen LogP contribution is 2.28. The number of halogens is 2. The van der Waals surface area contributed by atoms with Crippen molar-refractivity contribution < 1.29 is 18.4 Å². The van der Waals surface area contributed by atoms with Gasteiger partial charge in [-0.1, -0.05) is 31.2 Å². The molecular weight excluding hydrogens is 376 g/mol. The van der Waals surface area contributed by atoms with Gasteiger partial charge in [0.2, 0.25) is 5.91 Å². The van der Waals surface area contributed by atoms with E-state index in [4.69, 9.17) is 0 Å². The maximum Gasteiger partial charge on any atom is 0.270 e. The third-order valence-electron chi connectivity index (χ3n) is 4.97. The lowest BCUT2D eigenvalue weighted by Crippen LogP contribution is -2.42. The van der Waals surface area contributed by atoms with Crippen LogP contribution < -0.4 is 0 Å². The van der Waals surface area contributed by atoms with E-state index in [0.717, 1.165) is 5.56 Å². The summed E-state index contributed by atoms with van der Waals surface area (Å²) in [4.78, 5) is 26.7. The molecule has 5 nitrogen and oxygen atoms in total. The Morgan fingerprint density at radius 1 is 1.14 bits per heavy atom. The van der Waals surface area contributed by atoms with Gasteiger partial charge in [0.15, 0.2) is 0 Å². The van der Waals surface area contributed by atoms with Gasteiger partial charge in [0.05, 0.1) is 6.04 Å². The van der Waals surface area contributed by atoms with Crippen LogP contribution in [-0.4, -0.2) is 34.5 Å². The van der Waals surface area contributed by atoms with Crippen LogP contribution in [0.4, 0.5) is 8.78 Å². The van der Waals surface area contributed by atoms with Gasteiger partial charge in [-0.3, -0.25) is 9.59 Å². The van der Waals surface area contributed by atoms with Crippen LogP contribution in [0.2, 0.25) is 0 Å². The van der Waals surface area contributed by atoms with Crippen molar-refractivity contribution in [2.45, 2.75) is 38.8 Å². The van der Waals surface area contributed by atoms with Gasteiger partial charge in [-0.15, -0.1) is 0 Å². The van der Waals surface area contributed by atoms with Crippen molar-refractivity contribution >= 4 is 17.5 Å². The van der Waals surface area contributed by atoms with E-state index >= 15 is 0 Å². The molecule has 2 aromatic carbocycles. The summed E-state index contributed by atoms with van der Waals surface area (Å²) in [5.74, 6) is -1.21. The molecule has 1 aliphatic heterocycles. The van der Waals surface area contributed by atoms with E-state index in [9.17, 15) is 18.4 Å². The molecule has 152 valence electrons. The first kappa shape index (κ1) is 20.6. The summed E-state index contributed by atoms with van der Waals surface area (Å²) in [7, 11) is 1.52. The lowest BCUT2D eigenvalue weighted by Gasteiger charge is -2.33. The van der Waals surface area contributed by atoms with E-state index in [-0.39, 0.29) is 54.6 Å². The lowest BCUT2D eigenvalue weighted by atomic mass is 10.00. The third-order valence-corrected chi connectivity index (χ3v) is 4.97. The fraction of sp³-hybridized carbons (Fsp3) is 0.318. The van der Waals surface area contributed by atoms with Crippen molar-refractivity contribution in [2.24, 2.45) is 5.10 Å². The van der Waals surface area contributed by atoms with Gasteiger partial charge >= 0.3 is 0 Å². The SMILES string of the molecule is CCC(c1ccc(F)cc1)N(Cc1cccc(F)c1)C(=O)C1=NN(C)C(=O)CC1. The number of hydrazone groups is 1. The average molecular weight is 399 g/mol. The van der Waals surface area contributed by atoms with Crippen molar-refractivity contribution in [3.8, 4) is 0 Å². The van der Waals surface area contributed by atoms with Gasteiger partial charge in [-0.05, 0) is 41.8 Å². The summed E-state index contributed by atoms with van der Waals surface area (Å²) in [6.45, 7) is 2.10. The molecule has 0 N–H and O–H groups in total. The van der Waals surface area contributed by atoms with Crippen molar-refractivity contribution in [1.82, 2.24) is 9.91 Å². The van der Waals surface area contributed by atoms with Crippen LogP contribution in [0, 0.1) is 11.6 Å². The van der Waals surface area contributed by atoms with Crippen LogP contribution in [0.3, 0.4) is 0 Å². The number of nitrogens with zero attached hydrogens (tertiary/aromatic N) is 3. The summed E-state index contributed by atoms with van der Waals surface area (Å²) < 4.78 is 27.1. The van der Waals surface area contributed by atoms with Gasteiger partial charge in [-0.2, -0.15) is 5.10 Å². The fourth-order valence-corrected chi connectivity index (χ4v) is 3.47. The minimum Gasteiger partial charge on any atom is -0.326 e. The van der Waals surface area contributed by atoms with Crippen LogP contribution in [0.1, 0.15) is 43.4 Å². The second kappa shape index (κ2) is 8.94. The van der Waals surface area contributed by atoms with Crippen molar-refractivity contribution in [1.29, 1.82) is 0 Å². The monoisotopic (exact) mass is 399 g/mol. The zero-order valence-corrected chi connectivity index (χ0v) is 16.4. The van der Waals surface area contributed by atoms with E-state index in [1.54, 1.807) is 29.2 Å². The standard InChI is InChI=1S/C22H23F2N3O2/c1-3-20(16-7-9-17(23)10-8-16)27(14-15-5-4-6-18(24)13-15)22(29)19-11-12-21(28)26(2)25-19/h4-10,13,20H,3,11-12,14H2,1-2H3. The molecule has 2 aromatic rings. The van der Waals surface area contributed by atoms with Gasteiger partial charge in [0, 0.05) is 26.4 Å². The number of carbonyl (C=O) groups is 2. The van der Waals surface area contributed by atoms with Crippen molar-refractivity contribution in [2.75, 3.05) is 7.05 Å². The molecular formula is C22H23F2N3O2. The molecule has 0 aliphatic carbocycles. The summed E-state index contributed by atoms with van der Waals surface area (Å²) >= 11 is 0. The molecule has 7 heteroatoms. The zero-order chi connectivity index (χ0) is 21.0. The minimum absolute atomic E-state index is 0.149. The van der Waals surface area contributed by atoms with E-state index in [1.807, 2.05) is 6.92 Å². The molecule has 1 aliphatic rings. The van der Waals surface area contributed by atoms with E-state index < -0.39 is 0 Å². The molecule has 0 saturated heterocycles. The topological polar surface area (TPSA) is 53.0 Å². The van der Waals surface area contributed by atoms with E-state index in [1.165, 1.54) is 36.3 Å². The first-order chi connectivity index (χ1) is 13.9. The van der Waals surface area contributed by atoms with Gasteiger partial charge < -0.3 is 4.90 Å². The first-order valence-corrected chi connectivity index (χ1v) is 9.54. The molecule has 0 aromatic heterocycles. The Kier molecular flexibility index (Phi) is 6.36. The Hall–Kier alpha value is -3.09. The van der Waals surface area contributed by atoms with E-state index in [0.29, 0.717) is 12.0 Å². The molecule has 0 saturated carbocycles. The summed E-state index contributed by atoms with van der Waals surface area (Å²) in [6.07, 6.45) is 1.04. The average Bonchev–Trinajstić information content (AvgIpc) is 2.70. The molecule has 1 atom stereocenters. The molecule has 1 unspecified atom stereocenters. The lowest BCUT2D eigenvalue weighted by molar-refractivity contribution is -0.131. The van der Waals surface area contributed by atoms with Crippen LogP contribution in [-0.2, 0) is 16.1 Å². The number of rotatable bonds is 6. The van der Waals surface area contributed by atoms with Crippen molar-refractivity contribution in [3.05, 3.63) is 71.3 Å². The highest BCUT2D eigenvalue weighted by atomic mass is 19.1. The second-order valence-electron chi connectivity index (χ2n) is 7.00. The zero-order valence-electron chi connectivity index (χ0n) is 16.4. The maximum atomic E-state index is 13.7.